The highest BCUT2D eigenvalue weighted by atomic mass is 32.2. The molecular weight excluding hydrogens is 329 g/mol. The van der Waals surface area contributed by atoms with Crippen molar-refractivity contribution in [2.24, 2.45) is 0 Å². The number of anilines is 1. The van der Waals surface area contributed by atoms with Gasteiger partial charge in [0.05, 0.1) is 17.6 Å². The summed E-state index contributed by atoms with van der Waals surface area (Å²) in [4.78, 5) is 6.98. The third kappa shape index (κ3) is 4.10. The Morgan fingerprint density at radius 2 is 1.79 bits per heavy atom. The number of nitrogens with zero attached hydrogens (tertiary/aromatic N) is 1. The molecule has 7 heteroatoms. The van der Waals surface area contributed by atoms with Crippen molar-refractivity contribution in [3.8, 4) is 0 Å². The van der Waals surface area contributed by atoms with E-state index in [2.05, 4.69) is 9.88 Å². The highest BCUT2D eigenvalue weighted by Crippen LogP contribution is 2.11. The third-order valence-corrected chi connectivity index (χ3v) is 6.13. The minimum Gasteiger partial charge on any atom is -0.328 e. The van der Waals surface area contributed by atoms with E-state index in [4.69, 9.17) is 0 Å². The van der Waals surface area contributed by atoms with Crippen LogP contribution in [0.2, 0.25) is 0 Å². The van der Waals surface area contributed by atoms with Crippen molar-refractivity contribution in [3.63, 3.8) is 0 Å². The average molecular weight is 351 g/mol. The van der Waals surface area contributed by atoms with Gasteiger partial charge in [-0.05, 0) is 30.3 Å². The molecule has 1 aromatic carbocycles. The molecular formula is C17H22FN3O2S+2. The molecule has 1 aliphatic rings. The Hall–Kier alpha value is -1.99. The second-order valence-electron chi connectivity index (χ2n) is 6.01. The number of pyridine rings is 1. The number of H-pyrrole nitrogens is 1. The maximum absolute atomic E-state index is 12.9. The Balaban J connectivity index is 1.52. The highest BCUT2D eigenvalue weighted by Gasteiger charge is 2.27. The Kier molecular flexibility index (Phi) is 5.11. The summed E-state index contributed by atoms with van der Waals surface area (Å²) >= 11 is 0. The number of hydrogen-bond donors (Lipinski definition) is 1. The lowest BCUT2D eigenvalue weighted by Crippen LogP contribution is -3.15. The molecule has 0 amide bonds. The predicted molar refractivity (Wildman–Crippen MR) is 89.2 cm³/mol. The molecule has 0 radical (unpaired) electrons. The van der Waals surface area contributed by atoms with Crippen LogP contribution >= 0.6 is 0 Å². The van der Waals surface area contributed by atoms with Crippen LogP contribution in [0.5, 0.6) is 0 Å². The van der Waals surface area contributed by atoms with E-state index in [1.165, 1.54) is 29.2 Å². The maximum Gasteiger partial charge on any atom is 0.274 e. The zero-order valence-corrected chi connectivity index (χ0v) is 14.2. The van der Waals surface area contributed by atoms with Gasteiger partial charge in [0.1, 0.15) is 37.7 Å². The smallest absolute Gasteiger partial charge is 0.274 e. The first kappa shape index (κ1) is 16.9. The van der Waals surface area contributed by atoms with Gasteiger partial charge in [-0.2, -0.15) is 0 Å². The molecule has 0 saturated carbocycles. The number of quaternary nitrogens is 1. The molecule has 128 valence electrons. The van der Waals surface area contributed by atoms with Crippen LogP contribution in [0.15, 0.2) is 53.6 Å². The lowest BCUT2D eigenvalue weighted by molar-refractivity contribution is -0.898. The summed E-state index contributed by atoms with van der Waals surface area (Å²) in [6.45, 7) is 4.17. The molecule has 1 saturated heterocycles. The van der Waals surface area contributed by atoms with Crippen molar-refractivity contribution in [1.29, 1.82) is 0 Å². The van der Waals surface area contributed by atoms with E-state index in [9.17, 15) is 12.8 Å². The molecule has 24 heavy (non-hydrogen) atoms. The number of sulfone groups is 1. The van der Waals surface area contributed by atoms with Crippen LogP contribution in [0.4, 0.5) is 10.2 Å². The van der Waals surface area contributed by atoms with Crippen LogP contribution in [0, 0.1) is 5.82 Å². The molecule has 2 N–H and O–H groups in total. The largest absolute Gasteiger partial charge is 0.328 e. The van der Waals surface area contributed by atoms with E-state index < -0.39 is 15.7 Å². The second kappa shape index (κ2) is 7.27. The molecule has 0 spiro atoms. The van der Waals surface area contributed by atoms with Crippen LogP contribution in [-0.4, -0.2) is 46.9 Å². The van der Waals surface area contributed by atoms with Gasteiger partial charge < -0.3 is 4.90 Å². The summed E-state index contributed by atoms with van der Waals surface area (Å²) in [6.07, 6.45) is 1.91. The predicted octanol–water partition coefficient (Wildman–Crippen LogP) is -0.181. The van der Waals surface area contributed by atoms with Crippen LogP contribution in [0.3, 0.4) is 0 Å². The Morgan fingerprint density at radius 3 is 2.42 bits per heavy atom. The van der Waals surface area contributed by atoms with Gasteiger partial charge in [-0.15, -0.1) is 0 Å². The zero-order chi connectivity index (χ0) is 17.0. The standard InChI is InChI=1S/C17H20FN3O2S/c18-15-4-6-16(7-5-15)24(22,23)14-13-20-9-11-21(12-10-20)17-3-1-2-8-19-17/h1-8H,9-14H2/p+2. The van der Waals surface area contributed by atoms with E-state index in [-0.39, 0.29) is 10.6 Å². The fourth-order valence-corrected chi connectivity index (χ4v) is 4.28. The number of aromatic amines is 1. The van der Waals surface area contributed by atoms with Crippen LogP contribution in [0.1, 0.15) is 0 Å². The van der Waals surface area contributed by atoms with Crippen molar-refractivity contribution in [2.45, 2.75) is 4.90 Å². The lowest BCUT2D eigenvalue weighted by atomic mass is 10.3. The summed E-state index contributed by atoms with van der Waals surface area (Å²) < 4.78 is 37.6. The summed E-state index contributed by atoms with van der Waals surface area (Å²) in [6, 6.07) is 11.0. The van der Waals surface area contributed by atoms with Crippen molar-refractivity contribution in [3.05, 3.63) is 54.5 Å². The molecule has 0 unspecified atom stereocenters. The third-order valence-electron chi connectivity index (χ3n) is 4.40. The quantitative estimate of drug-likeness (QED) is 0.761. The van der Waals surface area contributed by atoms with Gasteiger partial charge in [0, 0.05) is 6.07 Å². The average Bonchev–Trinajstić information content (AvgIpc) is 2.62. The first-order chi connectivity index (χ1) is 11.5. The zero-order valence-electron chi connectivity index (χ0n) is 13.4. The normalized spacial score (nSPS) is 16.3. The van der Waals surface area contributed by atoms with Gasteiger partial charge in [-0.1, -0.05) is 6.07 Å². The van der Waals surface area contributed by atoms with Gasteiger partial charge in [0.2, 0.25) is 0 Å². The molecule has 5 nitrogen and oxygen atoms in total. The first-order valence-corrected chi connectivity index (χ1v) is 9.73. The number of aromatic nitrogens is 1. The summed E-state index contributed by atoms with van der Waals surface area (Å²) in [5.41, 5.74) is 0. The fourth-order valence-electron chi connectivity index (χ4n) is 2.93. The molecule has 2 heterocycles. The second-order valence-corrected chi connectivity index (χ2v) is 8.12. The van der Waals surface area contributed by atoms with E-state index in [0.29, 0.717) is 6.54 Å². The highest BCUT2D eigenvalue weighted by molar-refractivity contribution is 7.91. The number of piperazine rings is 1. The topological polar surface area (TPSA) is 56.0 Å². The molecule has 3 rings (SSSR count). The number of rotatable bonds is 5. The van der Waals surface area contributed by atoms with E-state index in [0.717, 1.165) is 32.0 Å². The summed E-state index contributed by atoms with van der Waals surface area (Å²) in [5, 5.41) is 0. The first-order valence-electron chi connectivity index (χ1n) is 8.08. The fraction of sp³-hybridized carbons (Fsp3) is 0.353. The van der Waals surface area contributed by atoms with Gasteiger partial charge in [0.15, 0.2) is 9.84 Å². The Bertz CT molecular complexity index is 758. The van der Waals surface area contributed by atoms with Gasteiger partial charge in [-0.25, -0.2) is 17.8 Å². The van der Waals surface area contributed by atoms with Crippen molar-refractivity contribution in [1.82, 2.24) is 0 Å². The van der Waals surface area contributed by atoms with Gasteiger partial charge >= 0.3 is 0 Å². The van der Waals surface area contributed by atoms with E-state index in [1.54, 1.807) is 0 Å². The summed E-state index contributed by atoms with van der Waals surface area (Å²) in [5.74, 6) is 0.759. The van der Waals surface area contributed by atoms with Crippen molar-refractivity contribution < 1.29 is 22.7 Å². The number of hydrogen-bond acceptors (Lipinski definition) is 3. The molecule has 1 fully saturated rings. The Morgan fingerprint density at radius 1 is 1.08 bits per heavy atom. The number of benzene rings is 1. The number of nitrogens with one attached hydrogen (secondary N) is 2. The summed E-state index contributed by atoms with van der Waals surface area (Å²) in [7, 11) is -3.35. The van der Waals surface area contributed by atoms with Crippen LogP contribution in [0.25, 0.3) is 0 Å². The van der Waals surface area contributed by atoms with Crippen molar-refractivity contribution in [2.75, 3.05) is 43.4 Å². The molecule has 0 aliphatic carbocycles. The van der Waals surface area contributed by atoms with Gasteiger partial charge in [-0.3, -0.25) is 4.90 Å². The number of halogens is 1. The minimum absolute atomic E-state index is 0.0887. The maximum atomic E-state index is 12.9. The van der Waals surface area contributed by atoms with Gasteiger partial charge in [0.25, 0.3) is 5.82 Å². The molecule has 0 bridgehead atoms. The minimum atomic E-state index is -3.35. The molecule has 1 aliphatic heterocycles. The monoisotopic (exact) mass is 351 g/mol. The van der Waals surface area contributed by atoms with E-state index in [1.807, 2.05) is 24.4 Å². The SMILES string of the molecule is O=S(=O)(CC[NH+]1CCN(c2cccc[nH+]2)CC1)c1ccc(F)cc1. The molecule has 2 aromatic rings. The lowest BCUT2D eigenvalue weighted by Gasteiger charge is -2.28. The van der Waals surface area contributed by atoms with Crippen LogP contribution < -0.4 is 14.8 Å². The van der Waals surface area contributed by atoms with Crippen LogP contribution in [-0.2, 0) is 9.84 Å². The van der Waals surface area contributed by atoms with E-state index >= 15 is 0 Å². The Labute approximate surface area is 141 Å². The molecule has 0 atom stereocenters. The molecule has 1 aromatic heterocycles. The van der Waals surface area contributed by atoms with Crippen molar-refractivity contribution >= 4 is 15.7 Å².